The van der Waals surface area contributed by atoms with Crippen molar-refractivity contribution in [3.63, 3.8) is 0 Å². The summed E-state index contributed by atoms with van der Waals surface area (Å²) in [6, 6.07) is 0. The van der Waals surface area contributed by atoms with E-state index in [9.17, 15) is 9.59 Å². The molecule has 0 aromatic rings. The Morgan fingerprint density at radius 2 is 1.86 bits per heavy atom. The number of carboxylic acid groups (broad SMARTS) is 2. The number of carbonyl (C=O) groups is 2. The molecule has 0 amide bonds. The first kappa shape index (κ1) is 14.5. The molecule has 1 aliphatic rings. The molecule has 78 valence electrons. The first-order valence-corrected chi connectivity index (χ1v) is 4.44. The van der Waals surface area contributed by atoms with Crippen LogP contribution in [0.3, 0.4) is 0 Å². The van der Waals surface area contributed by atoms with Crippen molar-refractivity contribution in [2.45, 2.75) is 32.6 Å². The molecule has 1 aliphatic carbocycles. The Balaban J connectivity index is 0.00000169. The molecule has 0 saturated heterocycles. The molecule has 1 fully saturated rings. The van der Waals surface area contributed by atoms with Gasteiger partial charge in [0.1, 0.15) is 0 Å². The van der Waals surface area contributed by atoms with Gasteiger partial charge in [-0.3, -0.25) is 9.59 Å². The van der Waals surface area contributed by atoms with E-state index < -0.39 is 23.3 Å². The van der Waals surface area contributed by atoms with E-state index in [1.54, 1.807) is 0 Å². The van der Waals surface area contributed by atoms with Crippen LogP contribution in [-0.4, -0.2) is 71.0 Å². The van der Waals surface area contributed by atoms with Crippen molar-refractivity contribution in [3.05, 3.63) is 0 Å². The number of hydrogen-bond donors (Lipinski definition) is 2. The Labute approximate surface area is 123 Å². The SMILES string of the molecule is CC1(C(=O)O)CCCCC1C(=O)O.[BaH2]. The maximum atomic E-state index is 10.9. The van der Waals surface area contributed by atoms with Crippen LogP contribution in [0, 0.1) is 11.3 Å². The molecule has 0 heterocycles. The molecule has 2 atom stereocenters. The van der Waals surface area contributed by atoms with Gasteiger partial charge in [-0.1, -0.05) is 12.8 Å². The normalized spacial score (nSPS) is 31.6. The molecule has 0 bridgehead atoms. The predicted octanol–water partition coefficient (Wildman–Crippen LogP) is 0.436. The summed E-state index contributed by atoms with van der Waals surface area (Å²) in [4.78, 5) is 21.7. The van der Waals surface area contributed by atoms with Gasteiger partial charge in [0.2, 0.25) is 0 Å². The van der Waals surface area contributed by atoms with Gasteiger partial charge in [0, 0.05) is 0 Å². The van der Waals surface area contributed by atoms with E-state index in [4.69, 9.17) is 10.2 Å². The van der Waals surface area contributed by atoms with Gasteiger partial charge < -0.3 is 10.2 Å². The molecular weight excluding hydrogens is 309 g/mol. The summed E-state index contributed by atoms with van der Waals surface area (Å²) >= 11 is 0. The van der Waals surface area contributed by atoms with E-state index in [1.165, 1.54) is 6.92 Å². The fourth-order valence-corrected chi connectivity index (χ4v) is 1.99. The zero-order valence-electron chi connectivity index (χ0n) is 7.62. The third kappa shape index (κ3) is 2.76. The molecule has 2 unspecified atom stereocenters. The Morgan fingerprint density at radius 1 is 1.29 bits per heavy atom. The maximum absolute atomic E-state index is 10.9. The molecule has 14 heavy (non-hydrogen) atoms. The van der Waals surface area contributed by atoms with Crippen molar-refractivity contribution in [1.29, 1.82) is 0 Å². The van der Waals surface area contributed by atoms with Gasteiger partial charge in [0.05, 0.1) is 11.3 Å². The third-order valence-corrected chi connectivity index (χ3v) is 2.99. The van der Waals surface area contributed by atoms with Crippen molar-refractivity contribution in [3.8, 4) is 0 Å². The summed E-state index contributed by atoms with van der Waals surface area (Å²) in [5, 5.41) is 17.8. The van der Waals surface area contributed by atoms with E-state index >= 15 is 0 Å². The van der Waals surface area contributed by atoms with Gasteiger partial charge in [-0.25, -0.2) is 0 Å². The Bertz CT molecular complexity index is 241. The topological polar surface area (TPSA) is 74.6 Å². The van der Waals surface area contributed by atoms with E-state index in [0.717, 1.165) is 12.8 Å². The van der Waals surface area contributed by atoms with Crippen LogP contribution in [0.1, 0.15) is 32.6 Å². The number of hydrogen-bond acceptors (Lipinski definition) is 2. The summed E-state index contributed by atoms with van der Waals surface area (Å²) in [6.07, 6.45) is 2.59. The van der Waals surface area contributed by atoms with E-state index in [0.29, 0.717) is 12.8 Å². The second-order valence-corrected chi connectivity index (χ2v) is 3.86. The van der Waals surface area contributed by atoms with Gasteiger partial charge >= 0.3 is 60.8 Å². The summed E-state index contributed by atoms with van der Waals surface area (Å²) in [5.74, 6) is -2.69. The van der Waals surface area contributed by atoms with Crippen LogP contribution in [-0.2, 0) is 9.59 Å². The average molecular weight is 326 g/mol. The average Bonchev–Trinajstić information content (AvgIpc) is 2.04. The molecule has 0 radical (unpaired) electrons. The molecular formula is C9H16BaO4. The zero-order valence-corrected chi connectivity index (χ0v) is 7.62. The summed E-state index contributed by atoms with van der Waals surface area (Å²) < 4.78 is 0. The minimum atomic E-state index is -1.07. The second kappa shape index (κ2) is 5.56. The van der Waals surface area contributed by atoms with Gasteiger partial charge in [-0.05, 0) is 19.8 Å². The zero-order chi connectivity index (χ0) is 10.1. The Kier molecular flexibility index (Phi) is 5.76. The van der Waals surface area contributed by atoms with Crippen LogP contribution in [0.15, 0.2) is 0 Å². The van der Waals surface area contributed by atoms with Crippen LogP contribution < -0.4 is 0 Å². The van der Waals surface area contributed by atoms with Crippen molar-refractivity contribution in [1.82, 2.24) is 0 Å². The van der Waals surface area contributed by atoms with Crippen LogP contribution in [0.25, 0.3) is 0 Å². The molecule has 0 aromatic carbocycles. The first-order valence-electron chi connectivity index (χ1n) is 4.44. The van der Waals surface area contributed by atoms with Crippen LogP contribution in [0.4, 0.5) is 0 Å². The summed E-state index contributed by atoms with van der Waals surface area (Å²) in [7, 11) is 0. The van der Waals surface area contributed by atoms with E-state index in [-0.39, 0.29) is 48.9 Å². The quantitative estimate of drug-likeness (QED) is 0.722. The fraction of sp³-hybridized carbons (Fsp3) is 0.778. The molecule has 1 saturated carbocycles. The predicted molar refractivity (Wildman–Crippen MR) is 53.9 cm³/mol. The molecule has 5 heteroatoms. The van der Waals surface area contributed by atoms with Crippen molar-refractivity contribution in [2.75, 3.05) is 0 Å². The fourth-order valence-electron chi connectivity index (χ4n) is 1.99. The molecule has 4 nitrogen and oxygen atoms in total. The first-order chi connectivity index (χ1) is 5.98. The monoisotopic (exact) mass is 326 g/mol. The van der Waals surface area contributed by atoms with Crippen LogP contribution in [0.5, 0.6) is 0 Å². The number of aliphatic carboxylic acids is 2. The number of rotatable bonds is 2. The van der Waals surface area contributed by atoms with Crippen molar-refractivity contribution < 1.29 is 19.8 Å². The van der Waals surface area contributed by atoms with E-state index in [1.807, 2.05) is 0 Å². The third-order valence-electron chi connectivity index (χ3n) is 2.99. The van der Waals surface area contributed by atoms with Crippen LogP contribution >= 0.6 is 0 Å². The van der Waals surface area contributed by atoms with Gasteiger partial charge in [0.15, 0.2) is 0 Å². The Hall–Kier alpha value is 0.511. The molecule has 1 rings (SSSR count). The minimum absolute atomic E-state index is 0. The molecule has 0 aliphatic heterocycles. The summed E-state index contributed by atoms with van der Waals surface area (Å²) in [6.45, 7) is 1.54. The second-order valence-electron chi connectivity index (χ2n) is 3.86. The van der Waals surface area contributed by atoms with Crippen molar-refractivity contribution in [2.24, 2.45) is 11.3 Å². The van der Waals surface area contributed by atoms with Gasteiger partial charge in [0.25, 0.3) is 0 Å². The van der Waals surface area contributed by atoms with E-state index in [2.05, 4.69) is 0 Å². The standard InChI is InChI=1S/C9H14O4.Ba.2H/c1-9(8(12)13)5-3-2-4-6(9)7(10)11;;;/h6H,2-5H2,1H3,(H,10,11)(H,12,13);;;. The van der Waals surface area contributed by atoms with Crippen LogP contribution in [0.2, 0.25) is 0 Å². The molecule has 0 spiro atoms. The molecule has 0 aromatic heterocycles. The summed E-state index contributed by atoms with van der Waals surface area (Å²) in [5.41, 5.74) is -1.07. The van der Waals surface area contributed by atoms with Crippen molar-refractivity contribution >= 4 is 60.8 Å². The van der Waals surface area contributed by atoms with Gasteiger partial charge in [-0.2, -0.15) is 0 Å². The molecule has 2 N–H and O–H groups in total. The Morgan fingerprint density at radius 3 is 2.21 bits per heavy atom. The number of carboxylic acids is 2. The van der Waals surface area contributed by atoms with Gasteiger partial charge in [-0.15, -0.1) is 0 Å².